The lowest BCUT2D eigenvalue weighted by Crippen LogP contribution is -2.52. The van der Waals surface area contributed by atoms with Crippen molar-refractivity contribution in [1.82, 2.24) is 4.90 Å². The summed E-state index contributed by atoms with van der Waals surface area (Å²) in [5, 5.41) is 0. The van der Waals surface area contributed by atoms with Gasteiger partial charge < -0.3 is 10.6 Å². The molecular formula is C17H30N2. The number of nitrogens with zero attached hydrogens (tertiary/aromatic N) is 1. The molecule has 2 nitrogen and oxygen atoms in total. The van der Waals surface area contributed by atoms with Crippen LogP contribution >= 0.6 is 0 Å². The first-order valence-electron chi connectivity index (χ1n) is 8.70. The van der Waals surface area contributed by atoms with Crippen LogP contribution in [0.3, 0.4) is 0 Å². The Hall–Kier alpha value is -0.0800. The van der Waals surface area contributed by atoms with Crippen molar-refractivity contribution in [2.75, 3.05) is 26.2 Å². The average Bonchev–Trinajstić information content (AvgIpc) is 2.38. The molecule has 1 heterocycles. The molecule has 1 saturated heterocycles. The van der Waals surface area contributed by atoms with Crippen LogP contribution in [-0.4, -0.2) is 31.1 Å². The highest BCUT2D eigenvalue weighted by Crippen LogP contribution is 2.64. The van der Waals surface area contributed by atoms with E-state index in [-0.39, 0.29) is 0 Å². The van der Waals surface area contributed by atoms with Crippen LogP contribution in [-0.2, 0) is 0 Å². The van der Waals surface area contributed by atoms with Crippen LogP contribution in [0.1, 0.15) is 51.4 Å². The largest absolute Gasteiger partial charge is 0.329 e. The number of rotatable bonds is 3. The molecule has 5 aliphatic rings. The van der Waals surface area contributed by atoms with Crippen LogP contribution in [0.4, 0.5) is 0 Å². The first-order chi connectivity index (χ1) is 9.27. The predicted octanol–water partition coefficient (Wildman–Crippen LogP) is 2.87. The molecule has 0 aromatic rings. The standard InChI is InChI=1S/C17H30N2/c18-3-6-19-4-1-16(2-5-19)17-10-13-7-14(11-17)9-15(8-13)12-17/h13-16H,1-12,18H2. The molecular weight excluding hydrogens is 232 g/mol. The fourth-order valence-electron chi connectivity index (χ4n) is 6.63. The summed E-state index contributed by atoms with van der Waals surface area (Å²) >= 11 is 0. The van der Waals surface area contributed by atoms with Crippen LogP contribution in [0.5, 0.6) is 0 Å². The second kappa shape index (κ2) is 4.73. The van der Waals surface area contributed by atoms with Crippen molar-refractivity contribution in [1.29, 1.82) is 0 Å². The first-order valence-corrected chi connectivity index (χ1v) is 8.70. The summed E-state index contributed by atoms with van der Waals surface area (Å²) in [6, 6.07) is 0. The molecule has 0 aromatic heterocycles. The first kappa shape index (κ1) is 12.6. The van der Waals surface area contributed by atoms with Gasteiger partial charge in [0.05, 0.1) is 0 Å². The molecule has 5 rings (SSSR count). The summed E-state index contributed by atoms with van der Waals surface area (Å²) in [7, 11) is 0. The Bertz CT molecular complexity index is 295. The van der Waals surface area contributed by atoms with Gasteiger partial charge in [-0.15, -0.1) is 0 Å². The topological polar surface area (TPSA) is 29.3 Å². The van der Waals surface area contributed by atoms with Crippen LogP contribution in [0.25, 0.3) is 0 Å². The van der Waals surface area contributed by atoms with E-state index >= 15 is 0 Å². The van der Waals surface area contributed by atoms with E-state index in [0.717, 1.165) is 42.2 Å². The molecule has 0 amide bonds. The van der Waals surface area contributed by atoms with Gasteiger partial charge in [0.25, 0.3) is 0 Å². The minimum atomic E-state index is 0.795. The molecule has 2 N–H and O–H groups in total. The van der Waals surface area contributed by atoms with E-state index in [9.17, 15) is 0 Å². The van der Waals surface area contributed by atoms with Gasteiger partial charge in [-0.25, -0.2) is 0 Å². The normalized spacial score (nSPS) is 46.9. The minimum absolute atomic E-state index is 0.795. The zero-order valence-electron chi connectivity index (χ0n) is 12.3. The lowest BCUT2D eigenvalue weighted by atomic mass is 9.45. The van der Waals surface area contributed by atoms with Crippen molar-refractivity contribution < 1.29 is 0 Å². The Morgan fingerprint density at radius 1 is 0.895 bits per heavy atom. The van der Waals surface area contributed by atoms with E-state index in [1.54, 1.807) is 38.5 Å². The van der Waals surface area contributed by atoms with Gasteiger partial charge in [0.2, 0.25) is 0 Å². The zero-order valence-corrected chi connectivity index (χ0v) is 12.3. The molecule has 0 spiro atoms. The molecule has 4 bridgehead atoms. The Balaban J connectivity index is 1.45. The van der Waals surface area contributed by atoms with Crippen LogP contribution in [0.15, 0.2) is 0 Å². The number of nitrogens with two attached hydrogens (primary N) is 1. The molecule has 0 atom stereocenters. The highest BCUT2D eigenvalue weighted by atomic mass is 15.1. The minimum Gasteiger partial charge on any atom is -0.329 e. The molecule has 19 heavy (non-hydrogen) atoms. The van der Waals surface area contributed by atoms with Crippen molar-refractivity contribution >= 4 is 0 Å². The molecule has 108 valence electrons. The zero-order chi connectivity index (χ0) is 12.9. The van der Waals surface area contributed by atoms with E-state index in [4.69, 9.17) is 5.73 Å². The monoisotopic (exact) mass is 262 g/mol. The molecule has 5 fully saturated rings. The number of hydrogen-bond acceptors (Lipinski definition) is 2. The van der Waals surface area contributed by atoms with Crippen LogP contribution in [0.2, 0.25) is 0 Å². The maximum absolute atomic E-state index is 5.70. The van der Waals surface area contributed by atoms with Crippen LogP contribution < -0.4 is 5.73 Å². The molecule has 4 saturated carbocycles. The number of hydrogen-bond donors (Lipinski definition) is 1. The fourth-order valence-corrected chi connectivity index (χ4v) is 6.63. The van der Waals surface area contributed by atoms with Crippen LogP contribution in [0, 0.1) is 29.1 Å². The smallest absolute Gasteiger partial charge is 0.0105 e. The lowest BCUT2D eigenvalue weighted by Gasteiger charge is -2.60. The van der Waals surface area contributed by atoms with Gasteiger partial charge in [0.1, 0.15) is 0 Å². The predicted molar refractivity (Wildman–Crippen MR) is 78.8 cm³/mol. The van der Waals surface area contributed by atoms with E-state index in [1.807, 2.05) is 0 Å². The third-order valence-corrected chi connectivity index (χ3v) is 6.98. The summed E-state index contributed by atoms with van der Waals surface area (Å²) < 4.78 is 0. The van der Waals surface area contributed by atoms with Crippen molar-refractivity contribution in [3.8, 4) is 0 Å². The van der Waals surface area contributed by atoms with Gasteiger partial charge >= 0.3 is 0 Å². The second-order valence-corrected chi connectivity index (χ2v) is 8.18. The summed E-state index contributed by atoms with van der Waals surface area (Å²) in [6.07, 6.45) is 12.5. The molecule has 0 aromatic carbocycles. The molecule has 4 aliphatic carbocycles. The van der Waals surface area contributed by atoms with E-state index in [0.29, 0.717) is 0 Å². The molecule has 2 heteroatoms. The summed E-state index contributed by atoms with van der Waals surface area (Å²) in [5.74, 6) is 4.41. The number of piperidine rings is 1. The summed E-state index contributed by atoms with van der Waals surface area (Å²) in [4.78, 5) is 2.59. The molecule has 1 aliphatic heterocycles. The van der Waals surface area contributed by atoms with Gasteiger partial charge in [-0.1, -0.05) is 0 Å². The van der Waals surface area contributed by atoms with E-state index in [1.165, 1.54) is 25.9 Å². The Kier molecular flexibility index (Phi) is 3.15. The highest BCUT2D eigenvalue weighted by Gasteiger charge is 2.54. The van der Waals surface area contributed by atoms with Gasteiger partial charge in [-0.2, -0.15) is 0 Å². The quantitative estimate of drug-likeness (QED) is 0.847. The van der Waals surface area contributed by atoms with Gasteiger partial charge in [0.15, 0.2) is 0 Å². The molecule has 0 radical (unpaired) electrons. The second-order valence-electron chi connectivity index (χ2n) is 8.18. The average molecular weight is 262 g/mol. The van der Waals surface area contributed by atoms with Crippen molar-refractivity contribution in [3.05, 3.63) is 0 Å². The summed E-state index contributed by atoms with van der Waals surface area (Å²) in [6.45, 7) is 4.60. The highest BCUT2D eigenvalue weighted by molar-refractivity contribution is 5.04. The van der Waals surface area contributed by atoms with E-state index in [2.05, 4.69) is 4.90 Å². The third-order valence-electron chi connectivity index (χ3n) is 6.98. The van der Waals surface area contributed by atoms with Gasteiger partial charge in [-0.3, -0.25) is 0 Å². The van der Waals surface area contributed by atoms with Crippen molar-refractivity contribution in [2.45, 2.75) is 51.4 Å². The Labute approximate surface area is 118 Å². The Morgan fingerprint density at radius 2 is 1.42 bits per heavy atom. The van der Waals surface area contributed by atoms with Gasteiger partial charge in [-0.05, 0) is 93.5 Å². The summed E-state index contributed by atoms with van der Waals surface area (Å²) in [5.41, 5.74) is 6.49. The molecule has 0 unspecified atom stereocenters. The maximum Gasteiger partial charge on any atom is 0.0105 e. The lowest BCUT2D eigenvalue weighted by molar-refractivity contribution is -0.0993. The van der Waals surface area contributed by atoms with Crippen molar-refractivity contribution in [2.24, 2.45) is 34.8 Å². The van der Waals surface area contributed by atoms with Gasteiger partial charge in [0, 0.05) is 13.1 Å². The third kappa shape index (κ3) is 2.15. The maximum atomic E-state index is 5.70. The SMILES string of the molecule is NCCN1CCC(C23CC4CC(CC(C4)C2)C3)CC1. The van der Waals surface area contributed by atoms with E-state index < -0.39 is 0 Å². The number of likely N-dealkylation sites (tertiary alicyclic amines) is 1. The Morgan fingerprint density at radius 3 is 1.89 bits per heavy atom. The fraction of sp³-hybridized carbons (Fsp3) is 1.00. The van der Waals surface area contributed by atoms with Crippen molar-refractivity contribution in [3.63, 3.8) is 0 Å².